The summed E-state index contributed by atoms with van der Waals surface area (Å²) in [6.07, 6.45) is 0. The Hall–Kier alpha value is -4.24. The van der Waals surface area contributed by atoms with Crippen LogP contribution >= 0.6 is 0 Å². The van der Waals surface area contributed by atoms with Crippen LogP contribution in [0.3, 0.4) is 0 Å². The molecular weight excluding hydrogens is 435 g/mol. The number of anilines is 6. The van der Waals surface area contributed by atoms with Crippen LogP contribution in [0, 0.1) is 20.8 Å². The Morgan fingerprint density at radius 2 is 0.944 bits per heavy atom. The standard InChI is InChI=1S/C33H27BN2/c1-22-18-24(3)32-29(19-22)36(26-14-8-5-9-15-26)31-21-23(2)20-30-33(31)34(32)27-16-10-11-17-28(27)35(30)25-12-6-4-7-13-25/h4-21H,1-3H3. The summed E-state index contributed by atoms with van der Waals surface area (Å²) in [5, 5.41) is 0. The highest BCUT2D eigenvalue weighted by molar-refractivity contribution is 7.00. The van der Waals surface area contributed by atoms with Crippen molar-refractivity contribution in [2.24, 2.45) is 0 Å². The van der Waals surface area contributed by atoms with E-state index in [2.05, 4.69) is 140 Å². The molecule has 2 nitrogen and oxygen atoms in total. The minimum atomic E-state index is 0.183. The van der Waals surface area contributed by atoms with Crippen LogP contribution in [0.25, 0.3) is 0 Å². The van der Waals surface area contributed by atoms with Gasteiger partial charge < -0.3 is 9.80 Å². The van der Waals surface area contributed by atoms with Gasteiger partial charge in [-0.05, 0) is 96.8 Å². The molecule has 0 aliphatic carbocycles. The zero-order valence-electron chi connectivity index (χ0n) is 20.9. The van der Waals surface area contributed by atoms with Crippen molar-refractivity contribution in [3.05, 3.63) is 126 Å². The molecule has 2 heterocycles. The summed E-state index contributed by atoms with van der Waals surface area (Å²) in [7, 11) is 0. The van der Waals surface area contributed by atoms with Crippen molar-refractivity contribution in [1.82, 2.24) is 0 Å². The van der Waals surface area contributed by atoms with E-state index in [0.717, 1.165) is 0 Å². The minimum Gasteiger partial charge on any atom is -0.311 e. The molecule has 0 fully saturated rings. The molecule has 5 aromatic rings. The van der Waals surface area contributed by atoms with Gasteiger partial charge in [0, 0.05) is 34.1 Å². The molecular formula is C33H27BN2. The van der Waals surface area contributed by atoms with Crippen LogP contribution in [0.1, 0.15) is 16.7 Å². The van der Waals surface area contributed by atoms with Crippen molar-refractivity contribution in [2.45, 2.75) is 20.8 Å². The fourth-order valence-electron chi connectivity index (χ4n) is 6.30. The van der Waals surface area contributed by atoms with E-state index in [1.807, 2.05) is 0 Å². The van der Waals surface area contributed by atoms with Gasteiger partial charge in [-0.15, -0.1) is 0 Å². The zero-order valence-corrected chi connectivity index (χ0v) is 20.9. The second-order valence-electron chi connectivity index (χ2n) is 10.1. The number of nitrogens with zero attached hydrogens (tertiary/aromatic N) is 2. The topological polar surface area (TPSA) is 6.48 Å². The second-order valence-corrected chi connectivity index (χ2v) is 10.1. The molecule has 36 heavy (non-hydrogen) atoms. The molecule has 0 amide bonds. The monoisotopic (exact) mass is 462 g/mol. The molecule has 5 aromatic carbocycles. The van der Waals surface area contributed by atoms with Gasteiger partial charge in [-0.3, -0.25) is 0 Å². The van der Waals surface area contributed by atoms with Gasteiger partial charge in [-0.2, -0.15) is 0 Å². The minimum absolute atomic E-state index is 0.183. The number of fused-ring (bicyclic) bond motifs is 4. The van der Waals surface area contributed by atoms with Gasteiger partial charge in [0.25, 0.3) is 6.71 Å². The molecule has 0 saturated heterocycles. The van der Waals surface area contributed by atoms with Crippen molar-refractivity contribution < 1.29 is 0 Å². The van der Waals surface area contributed by atoms with Crippen LogP contribution in [0.15, 0.2) is 109 Å². The first-order valence-electron chi connectivity index (χ1n) is 12.7. The Morgan fingerprint density at radius 1 is 0.472 bits per heavy atom. The predicted octanol–water partition coefficient (Wildman–Crippen LogP) is 6.69. The Bertz CT molecular complexity index is 1630. The first-order valence-corrected chi connectivity index (χ1v) is 12.7. The first kappa shape index (κ1) is 21.1. The molecule has 0 spiro atoms. The summed E-state index contributed by atoms with van der Waals surface area (Å²) < 4.78 is 0. The van der Waals surface area contributed by atoms with Gasteiger partial charge in [-0.25, -0.2) is 0 Å². The van der Waals surface area contributed by atoms with Crippen LogP contribution < -0.4 is 26.2 Å². The van der Waals surface area contributed by atoms with E-state index in [9.17, 15) is 0 Å². The Morgan fingerprint density at radius 3 is 1.56 bits per heavy atom. The van der Waals surface area contributed by atoms with Crippen LogP contribution in [0.4, 0.5) is 34.1 Å². The van der Waals surface area contributed by atoms with Crippen LogP contribution in [-0.4, -0.2) is 6.71 Å². The highest BCUT2D eigenvalue weighted by atomic mass is 15.2. The highest BCUT2D eigenvalue weighted by Crippen LogP contribution is 2.44. The quantitative estimate of drug-likeness (QED) is 0.264. The van der Waals surface area contributed by atoms with E-state index < -0.39 is 0 Å². The molecule has 7 rings (SSSR count). The number of hydrogen-bond acceptors (Lipinski definition) is 2. The Balaban J connectivity index is 1.63. The molecule has 0 aromatic heterocycles. The molecule has 0 bridgehead atoms. The van der Waals surface area contributed by atoms with Gasteiger partial charge in [0.15, 0.2) is 0 Å². The lowest BCUT2D eigenvalue weighted by molar-refractivity contribution is 1.23. The van der Waals surface area contributed by atoms with Gasteiger partial charge in [-0.1, -0.05) is 66.2 Å². The number of para-hydroxylation sites is 3. The van der Waals surface area contributed by atoms with E-state index in [4.69, 9.17) is 0 Å². The first-order chi connectivity index (χ1) is 17.6. The Kier molecular flexibility index (Phi) is 4.62. The van der Waals surface area contributed by atoms with E-state index in [0.29, 0.717) is 0 Å². The smallest absolute Gasteiger partial charge is 0.252 e. The van der Waals surface area contributed by atoms with Crippen LogP contribution in [0.5, 0.6) is 0 Å². The third-order valence-electron chi connectivity index (χ3n) is 7.61. The molecule has 0 unspecified atom stereocenters. The van der Waals surface area contributed by atoms with Crippen molar-refractivity contribution in [3.63, 3.8) is 0 Å². The molecule has 0 N–H and O–H groups in total. The number of benzene rings is 5. The predicted molar refractivity (Wildman–Crippen MR) is 155 cm³/mol. The lowest BCUT2D eigenvalue weighted by Gasteiger charge is -2.45. The zero-order chi connectivity index (χ0) is 24.4. The Labute approximate surface area is 213 Å². The largest absolute Gasteiger partial charge is 0.311 e. The third kappa shape index (κ3) is 2.99. The van der Waals surface area contributed by atoms with Gasteiger partial charge >= 0.3 is 0 Å². The summed E-state index contributed by atoms with van der Waals surface area (Å²) in [6, 6.07) is 40.0. The number of rotatable bonds is 2. The number of hydrogen-bond donors (Lipinski definition) is 0. The molecule has 0 saturated carbocycles. The molecule has 3 heteroatoms. The number of aryl methyl sites for hydroxylation is 3. The summed E-state index contributed by atoms with van der Waals surface area (Å²) >= 11 is 0. The average molecular weight is 462 g/mol. The van der Waals surface area contributed by atoms with Crippen LogP contribution in [-0.2, 0) is 0 Å². The highest BCUT2D eigenvalue weighted by Gasteiger charge is 2.43. The van der Waals surface area contributed by atoms with E-state index in [1.54, 1.807) is 0 Å². The fourth-order valence-corrected chi connectivity index (χ4v) is 6.30. The lowest BCUT2D eigenvalue weighted by Crippen LogP contribution is -2.62. The average Bonchev–Trinajstić information content (AvgIpc) is 2.89. The maximum absolute atomic E-state index is 2.48. The molecule has 2 aliphatic heterocycles. The molecule has 0 radical (unpaired) electrons. The molecule has 2 aliphatic rings. The van der Waals surface area contributed by atoms with Crippen molar-refractivity contribution in [3.8, 4) is 0 Å². The van der Waals surface area contributed by atoms with Crippen molar-refractivity contribution in [2.75, 3.05) is 9.80 Å². The van der Waals surface area contributed by atoms with E-state index >= 15 is 0 Å². The van der Waals surface area contributed by atoms with Crippen molar-refractivity contribution >= 4 is 57.2 Å². The summed E-state index contributed by atoms with van der Waals surface area (Å²) in [6.45, 7) is 6.89. The van der Waals surface area contributed by atoms with Gasteiger partial charge in [0.1, 0.15) is 0 Å². The second kappa shape index (κ2) is 7.89. The molecule has 172 valence electrons. The van der Waals surface area contributed by atoms with E-state index in [1.165, 1.54) is 67.2 Å². The summed E-state index contributed by atoms with van der Waals surface area (Å²) in [4.78, 5) is 4.93. The van der Waals surface area contributed by atoms with Gasteiger partial charge in [0.2, 0.25) is 0 Å². The molecule has 0 atom stereocenters. The van der Waals surface area contributed by atoms with Crippen molar-refractivity contribution in [1.29, 1.82) is 0 Å². The maximum atomic E-state index is 2.48. The third-order valence-corrected chi connectivity index (χ3v) is 7.61. The fraction of sp³-hybridized carbons (Fsp3) is 0.0909. The SMILES string of the molecule is Cc1cc(C)c2c(c1)N(c1ccccc1)c1cc(C)cc3c1B2c1ccccc1N3c1ccccc1. The van der Waals surface area contributed by atoms with E-state index in [-0.39, 0.29) is 6.71 Å². The van der Waals surface area contributed by atoms with Gasteiger partial charge in [0.05, 0.1) is 0 Å². The normalized spacial score (nSPS) is 13.2. The maximum Gasteiger partial charge on any atom is 0.252 e. The van der Waals surface area contributed by atoms with Crippen LogP contribution in [0.2, 0.25) is 0 Å². The summed E-state index contributed by atoms with van der Waals surface area (Å²) in [5.74, 6) is 0. The lowest BCUT2D eigenvalue weighted by atomic mass is 9.32. The summed E-state index contributed by atoms with van der Waals surface area (Å²) in [5.41, 5.74) is 15.5.